The van der Waals surface area contributed by atoms with Crippen LogP contribution in [0.25, 0.3) is 0 Å². The number of carbonyl (C=O) groups is 3. The average molecular weight is 582 g/mol. The Balaban J connectivity index is 1.57. The van der Waals surface area contributed by atoms with Gasteiger partial charge >= 0.3 is 25.5 Å². The number of nitro benzene ring substituents is 1. The van der Waals surface area contributed by atoms with Crippen LogP contribution in [0.2, 0.25) is 0 Å². The van der Waals surface area contributed by atoms with Crippen molar-refractivity contribution in [3.63, 3.8) is 0 Å². The monoisotopic (exact) mass is 582 g/mol. The molecule has 1 N–H and O–H groups in total. The number of carbonyl (C=O) groups excluding carboxylic acids is 3. The van der Waals surface area contributed by atoms with E-state index in [1.807, 2.05) is 0 Å². The van der Waals surface area contributed by atoms with E-state index in [-0.39, 0.29) is 29.4 Å². The lowest BCUT2D eigenvalue weighted by molar-refractivity contribution is -0.385. The molecule has 1 unspecified atom stereocenters. The largest absolute Gasteiger partial charge is 0.530 e. The summed E-state index contributed by atoms with van der Waals surface area (Å²) in [7, 11) is -4.29. The first-order valence-electron chi connectivity index (χ1n) is 11.6. The number of nitrogens with zero attached hydrogens (tertiary/aromatic N) is 3. The number of hydrogen-bond acceptors (Lipinski definition) is 14. The van der Waals surface area contributed by atoms with Crippen molar-refractivity contribution in [1.82, 2.24) is 9.55 Å². The summed E-state index contributed by atoms with van der Waals surface area (Å²) in [6.07, 6.45) is -4.10. The van der Waals surface area contributed by atoms with Gasteiger partial charge in [0.15, 0.2) is 18.4 Å². The number of aromatic nitrogens is 2. The lowest BCUT2D eigenvalue weighted by Gasteiger charge is -2.26. The number of phosphoric ester groups is 1. The summed E-state index contributed by atoms with van der Waals surface area (Å²) < 4.78 is 46.6. The molecule has 1 fully saturated rings. The summed E-state index contributed by atoms with van der Waals surface area (Å²) in [5.74, 6) is -2.03. The van der Waals surface area contributed by atoms with E-state index in [2.05, 4.69) is 10.3 Å². The quantitative estimate of drug-likeness (QED) is 0.203. The zero-order valence-corrected chi connectivity index (χ0v) is 22.1. The van der Waals surface area contributed by atoms with Crippen LogP contribution in [0.5, 0.6) is 5.75 Å². The molecule has 0 bridgehead atoms. The van der Waals surface area contributed by atoms with E-state index in [9.17, 15) is 33.9 Å². The molecule has 2 aliphatic heterocycles. The first-order chi connectivity index (χ1) is 18.8. The Kier molecular flexibility index (Phi) is 8.29. The lowest BCUT2D eigenvalue weighted by atomic mass is 10.1. The van der Waals surface area contributed by atoms with Gasteiger partial charge in [-0.1, -0.05) is 0 Å². The highest BCUT2D eigenvalue weighted by molar-refractivity contribution is 7.49. The van der Waals surface area contributed by atoms with Crippen molar-refractivity contribution in [2.24, 2.45) is 0 Å². The fraction of sp³-hybridized carbons (Fsp3) is 0.409. The first-order valence-corrected chi connectivity index (χ1v) is 13.0. The second kappa shape index (κ2) is 11.5. The molecule has 0 saturated carbocycles. The number of nitrogens with one attached hydrogen (secondary N) is 1. The highest BCUT2D eigenvalue weighted by Gasteiger charge is 2.51. The molecule has 40 heavy (non-hydrogen) atoms. The molecule has 0 aliphatic carbocycles. The van der Waals surface area contributed by atoms with Crippen LogP contribution in [0, 0.1) is 10.1 Å². The van der Waals surface area contributed by atoms with E-state index in [1.165, 1.54) is 31.3 Å². The molecule has 2 aliphatic rings. The molecule has 1 amide bonds. The summed E-state index contributed by atoms with van der Waals surface area (Å²) in [6, 6.07) is 4.90. The third-order valence-corrected chi connectivity index (χ3v) is 6.87. The SMILES string of the molecule is CC(=O)Nc1ccn([C@@H]2O[C@H](COP3(=O)OCc4cc([N+](=O)[O-])ccc4O3)[C@@H](OC(C)=O)[C@H]2OC(C)=O)c(=O)n1. The fourth-order valence-corrected chi connectivity index (χ4v) is 5.20. The molecule has 18 heteroatoms. The second-order valence-electron chi connectivity index (χ2n) is 8.55. The summed E-state index contributed by atoms with van der Waals surface area (Å²) in [5.41, 5.74) is -0.845. The molecule has 1 aromatic heterocycles. The third-order valence-electron chi connectivity index (χ3n) is 5.54. The van der Waals surface area contributed by atoms with Gasteiger partial charge in [0, 0.05) is 44.7 Å². The van der Waals surface area contributed by atoms with Crippen molar-refractivity contribution in [3.05, 3.63) is 56.6 Å². The molecule has 3 heterocycles. The van der Waals surface area contributed by atoms with Gasteiger partial charge < -0.3 is 24.1 Å². The van der Waals surface area contributed by atoms with E-state index in [4.69, 9.17) is 27.8 Å². The normalized spacial score (nSPS) is 25.3. The zero-order valence-electron chi connectivity index (χ0n) is 21.2. The summed E-state index contributed by atoms with van der Waals surface area (Å²) >= 11 is 0. The van der Waals surface area contributed by atoms with Crippen LogP contribution in [0.4, 0.5) is 11.5 Å². The van der Waals surface area contributed by atoms with Gasteiger partial charge in [-0.3, -0.25) is 38.1 Å². The molecule has 0 spiro atoms. The maximum atomic E-state index is 13.1. The number of amides is 1. The molecule has 1 saturated heterocycles. The topological polar surface area (TPSA) is 214 Å². The Morgan fingerprint density at radius 3 is 2.50 bits per heavy atom. The van der Waals surface area contributed by atoms with Gasteiger partial charge in [-0.15, -0.1) is 0 Å². The molecule has 17 nitrogen and oxygen atoms in total. The number of anilines is 1. The molecular formula is C22H23N4O13P. The van der Waals surface area contributed by atoms with Crippen molar-refractivity contribution in [2.45, 2.75) is 51.9 Å². The van der Waals surface area contributed by atoms with Crippen LogP contribution >= 0.6 is 7.82 Å². The van der Waals surface area contributed by atoms with Crippen LogP contribution < -0.4 is 15.5 Å². The maximum Gasteiger partial charge on any atom is 0.530 e. The summed E-state index contributed by atoms with van der Waals surface area (Å²) in [4.78, 5) is 61.9. The maximum absolute atomic E-state index is 13.1. The number of rotatable bonds is 8. The van der Waals surface area contributed by atoms with Gasteiger partial charge in [-0.05, 0) is 12.1 Å². The number of esters is 2. The minimum atomic E-state index is -4.29. The summed E-state index contributed by atoms with van der Waals surface area (Å²) in [6.45, 7) is 2.51. The van der Waals surface area contributed by atoms with Crippen LogP contribution in [0.1, 0.15) is 32.6 Å². The lowest BCUT2D eigenvalue weighted by Crippen LogP contribution is -2.41. The number of ether oxygens (including phenoxy) is 3. The van der Waals surface area contributed by atoms with Crippen LogP contribution in [0.3, 0.4) is 0 Å². The number of fused-ring (bicyclic) bond motifs is 1. The molecule has 214 valence electrons. The number of nitro groups is 1. The van der Waals surface area contributed by atoms with Crippen molar-refractivity contribution in [2.75, 3.05) is 11.9 Å². The van der Waals surface area contributed by atoms with E-state index in [0.717, 1.165) is 24.5 Å². The number of non-ortho nitro benzene ring substituents is 1. The van der Waals surface area contributed by atoms with Crippen molar-refractivity contribution in [3.8, 4) is 5.75 Å². The minimum absolute atomic E-state index is 0.0385. The molecule has 1 aromatic carbocycles. The predicted octanol–water partition coefficient (Wildman–Crippen LogP) is 1.60. The van der Waals surface area contributed by atoms with Gasteiger partial charge in [0.2, 0.25) is 5.91 Å². The number of phosphoric acid groups is 1. The van der Waals surface area contributed by atoms with E-state index >= 15 is 0 Å². The molecule has 2 aromatic rings. The van der Waals surface area contributed by atoms with E-state index < -0.39 is 67.4 Å². The molecule has 4 rings (SSSR count). The Labute approximate surface area is 225 Å². The third kappa shape index (κ3) is 6.51. The van der Waals surface area contributed by atoms with E-state index in [1.54, 1.807) is 0 Å². The van der Waals surface area contributed by atoms with Gasteiger partial charge in [0.1, 0.15) is 17.7 Å². The average Bonchev–Trinajstić information content (AvgIpc) is 3.17. The van der Waals surface area contributed by atoms with Gasteiger partial charge in [-0.2, -0.15) is 4.98 Å². The number of hydrogen-bond donors (Lipinski definition) is 1. The van der Waals surface area contributed by atoms with Gasteiger partial charge in [0.25, 0.3) is 5.69 Å². The fourth-order valence-electron chi connectivity index (χ4n) is 3.98. The number of benzene rings is 1. The van der Waals surface area contributed by atoms with Crippen molar-refractivity contribution >= 4 is 37.2 Å². The van der Waals surface area contributed by atoms with Gasteiger partial charge in [0.05, 0.1) is 18.1 Å². The van der Waals surface area contributed by atoms with E-state index in [0.29, 0.717) is 0 Å². The summed E-state index contributed by atoms with van der Waals surface area (Å²) in [5, 5.41) is 13.4. The van der Waals surface area contributed by atoms with Crippen LogP contribution in [-0.4, -0.2) is 57.2 Å². The minimum Gasteiger partial charge on any atom is -0.456 e. The Morgan fingerprint density at radius 2 is 1.88 bits per heavy atom. The Hall–Kier alpha value is -4.18. The Bertz CT molecular complexity index is 1460. The smallest absolute Gasteiger partial charge is 0.456 e. The van der Waals surface area contributed by atoms with Crippen LogP contribution in [-0.2, 0) is 48.8 Å². The molecule has 0 radical (unpaired) electrons. The zero-order chi connectivity index (χ0) is 29.2. The van der Waals surface area contributed by atoms with Crippen LogP contribution in [0.15, 0.2) is 35.3 Å². The second-order valence-corrected chi connectivity index (χ2v) is 10.1. The molecular weight excluding hydrogens is 559 g/mol. The first kappa shape index (κ1) is 28.8. The van der Waals surface area contributed by atoms with Crippen molar-refractivity contribution < 1.29 is 51.7 Å². The Morgan fingerprint density at radius 1 is 1.18 bits per heavy atom. The standard InChI is InChI=1S/C22H23N4O13P/c1-11(27)23-18-6-7-25(22(30)24-18)21-20(37-13(3)29)19(36-12(2)28)17(38-21)10-35-40(33)34-9-14-8-15(26(31)32)4-5-16(14)39-40/h4-8,17,19-21H,9-10H2,1-3H3,(H,23,24,27,30)/t17-,19-,20-,21-,40?/m1/s1. The highest BCUT2D eigenvalue weighted by atomic mass is 31.2. The molecule has 5 atom stereocenters. The highest BCUT2D eigenvalue weighted by Crippen LogP contribution is 2.55. The van der Waals surface area contributed by atoms with Crippen molar-refractivity contribution in [1.29, 1.82) is 0 Å². The van der Waals surface area contributed by atoms with Gasteiger partial charge in [-0.25, -0.2) is 9.36 Å². The predicted molar refractivity (Wildman–Crippen MR) is 130 cm³/mol.